The summed E-state index contributed by atoms with van der Waals surface area (Å²) in [6.45, 7) is 7.31. The maximum atomic E-state index is 12.4. The van der Waals surface area contributed by atoms with Crippen LogP contribution in [0.4, 0.5) is 0 Å². The van der Waals surface area contributed by atoms with Gasteiger partial charge in [-0.1, -0.05) is 32.9 Å². The smallest absolute Gasteiger partial charge is 0.326 e. The minimum atomic E-state index is -1.09. The first-order valence-corrected chi connectivity index (χ1v) is 10.2. The number of ketones is 1. The summed E-state index contributed by atoms with van der Waals surface area (Å²) >= 11 is 0. The van der Waals surface area contributed by atoms with Crippen molar-refractivity contribution in [3.05, 3.63) is 12.2 Å². The second-order valence-corrected chi connectivity index (χ2v) is 8.01. The normalized spacial score (nSPS) is 21.7. The summed E-state index contributed by atoms with van der Waals surface area (Å²) in [7, 11) is 0. The number of aliphatic carboxylic acids is 1. The Balaban J connectivity index is 2.56. The Morgan fingerprint density at radius 1 is 1.18 bits per heavy atom. The molecule has 0 heterocycles. The maximum Gasteiger partial charge on any atom is 0.326 e. The van der Waals surface area contributed by atoms with Crippen LogP contribution in [0.1, 0.15) is 66.2 Å². The van der Waals surface area contributed by atoms with E-state index in [2.05, 4.69) is 10.6 Å². The lowest BCUT2D eigenvalue weighted by Gasteiger charge is -2.21. The number of carbonyl (C=O) groups excluding carboxylic acids is 3. The zero-order valence-corrected chi connectivity index (χ0v) is 17.4. The summed E-state index contributed by atoms with van der Waals surface area (Å²) < 4.78 is 0. The third kappa shape index (κ3) is 7.82. The van der Waals surface area contributed by atoms with Crippen LogP contribution in [0.2, 0.25) is 0 Å². The summed E-state index contributed by atoms with van der Waals surface area (Å²) in [5.41, 5.74) is 0. The first-order chi connectivity index (χ1) is 13.1. The monoisotopic (exact) mass is 394 g/mol. The van der Waals surface area contributed by atoms with Gasteiger partial charge in [0, 0.05) is 18.8 Å². The number of hydrogen-bond donors (Lipinski definition) is 3. The molecule has 0 bridgehead atoms. The summed E-state index contributed by atoms with van der Waals surface area (Å²) in [5, 5.41) is 14.3. The summed E-state index contributed by atoms with van der Waals surface area (Å²) in [6, 6.07) is -1.81. The maximum absolute atomic E-state index is 12.4. The number of Topliss-reactive ketones (excluding diaryl/α,β-unsaturated/α-hetero) is 1. The molecule has 3 N–H and O–H groups in total. The van der Waals surface area contributed by atoms with Gasteiger partial charge < -0.3 is 15.7 Å². The molecule has 0 saturated heterocycles. The van der Waals surface area contributed by atoms with E-state index in [0.29, 0.717) is 25.7 Å². The summed E-state index contributed by atoms with van der Waals surface area (Å²) in [6.07, 6.45) is 7.27. The van der Waals surface area contributed by atoms with Crippen LogP contribution in [0.15, 0.2) is 12.2 Å². The van der Waals surface area contributed by atoms with Gasteiger partial charge in [0.15, 0.2) is 0 Å². The van der Waals surface area contributed by atoms with Gasteiger partial charge >= 0.3 is 5.97 Å². The second kappa shape index (κ2) is 11.6. The number of carbonyl (C=O) groups is 4. The number of hydrogen-bond acceptors (Lipinski definition) is 4. The highest BCUT2D eigenvalue weighted by atomic mass is 16.4. The number of rotatable bonds is 11. The van der Waals surface area contributed by atoms with Crippen molar-refractivity contribution in [3.8, 4) is 0 Å². The quantitative estimate of drug-likeness (QED) is 0.466. The minimum Gasteiger partial charge on any atom is -0.480 e. The van der Waals surface area contributed by atoms with Crippen LogP contribution in [0, 0.1) is 17.8 Å². The standard InChI is InChI=1S/C21H34N2O5/c1-5-6-7-8-16-15(9-10-18(16)24)12-19(25)22-14(4)20(26)23-17(21(27)28)11-13(2)3/h6-7,13-17H,5,8-12H2,1-4H3,(H,22,25)(H,23,26)(H,27,28)/b7-6-/t14-,15+,16+,17-/m0/s1. The molecule has 1 aliphatic rings. The molecule has 7 nitrogen and oxygen atoms in total. The molecule has 1 fully saturated rings. The molecule has 1 aliphatic carbocycles. The zero-order chi connectivity index (χ0) is 21.3. The lowest BCUT2D eigenvalue weighted by atomic mass is 9.89. The number of carboxylic acid groups (broad SMARTS) is 1. The van der Waals surface area contributed by atoms with Gasteiger partial charge in [0.25, 0.3) is 0 Å². The van der Waals surface area contributed by atoms with Gasteiger partial charge in [0.05, 0.1) is 0 Å². The van der Waals surface area contributed by atoms with Crippen molar-refractivity contribution in [2.75, 3.05) is 0 Å². The van der Waals surface area contributed by atoms with E-state index in [4.69, 9.17) is 0 Å². The van der Waals surface area contributed by atoms with Gasteiger partial charge in [-0.3, -0.25) is 14.4 Å². The summed E-state index contributed by atoms with van der Waals surface area (Å²) in [4.78, 5) is 48.0. The average molecular weight is 395 g/mol. The zero-order valence-electron chi connectivity index (χ0n) is 17.4. The molecule has 2 amide bonds. The number of allylic oxidation sites excluding steroid dienone is 2. The highest BCUT2D eigenvalue weighted by Crippen LogP contribution is 2.34. The van der Waals surface area contributed by atoms with Crippen molar-refractivity contribution < 1.29 is 24.3 Å². The van der Waals surface area contributed by atoms with E-state index in [9.17, 15) is 24.3 Å². The molecule has 1 saturated carbocycles. The van der Waals surface area contributed by atoms with Crippen molar-refractivity contribution in [3.63, 3.8) is 0 Å². The van der Waals surface area contributed by atoms with E-state index in [-0.39, 0.29) is 35.9 Å². The van der Waals surface area contributed by atoms with Crippen molar-refractivity contribution >= 4 is 23.6 Å². The SMILES string of the molecule is CC/C=C\C[C@H]1C(=O)CC[C@@H]1CC(=O)N[C@@H](C)C(=O)N[C@@H](CC(C)C)C(=O)O. The number of amides is 2. The third-order valence-corrected chi connectivity index (χ3v) is 5.08. The molecule has 4 atom stereocenters. The van der Waals surface area contributed by atoms with Crippen LogP contribution in [-0.4, -0.2) is 40.8 Å². The van der Waals surface area contributed by atoms with Gasteiger partial charge in [-0.15, -0.1) is 0 Å². The first kappa shape index (κ1) is 23.9. The predicted molar refractivity (Wildman–Crippen MR) is 107 cm³/mol. The molecule has 0 aromatic heterocycles. The van der Waals surface area contributed by atoms with Crippen molar-refractivity contribution in [2.45, 2.75) is 78.3 Å². The van der Waals surface area contributed by atoms with E-state index >= 15 is 0 Å². The van der Waals surface area contributed by atoms with E-state index in [1.165, 1.54) is 6.92 Å². The molecule has 0 radical (unpaired) electrons. The lowest BCUT2D eigenvalue weighted by Crippen LogP contribution is -2.50. The molecule has 0 spiro atoms. The summed E-state index contributed by atoms with van der Waals surface area (Å²) in [5.74, 6) is -1.74. The van der Waals surface area contributed by atoms with Gasteiger partial charge in [-0.25, -0.2) is 4.79 Å². The Bertz CT molecular complexity index is 600. The van der Waals surface area contributed by atoms with Crippen molar-refractivity contribution in [1.82, 2.24) is 10.6 Å². The van der Waals surface area contributed by atoms with E-state index in [1.807, 2.05) is 32.9 Å². The molecule has 7 heteroatoms. The Labute approximate surface area is 167 Å². The largest absolute Gasteiger partial charge is 0.480 e. The van der Waals surface area contributed by atoms with Gasteiger partial charge in [0.2, 0.25) is 11.8 Å². The fraction of sp³-hybridized carbons (Fsp3) is 0.714. The van der Waals surface area contributed by atoms with Gasteiger partial charge in [-0.05, 0) is 44.4 Å². The molecule has 158 valence electrons. The van der Waals surface area contributed by atoms with Gasteiger partial charge in [-0.2, -0.15) is 0 Å². The average Bonchev–Trinajstić information content (AvgIpc) is 2.93. The fourth-order valence-electron chi connectivity index (χ4n) is 3.55. The topological polar surface area (TPSA) is 113 Å². The molecular weight excluding hydrogens is 360 g/mol. The highest BCUT2D eigenvalue weighted by molar-refractivity contribution is 5.90. The Morgan fingerprint density at radius 3 is 2.43 bits per heavy atom. The predicted octanol–water partition coefficient (Wildman–Crippen LogP) is 2.45. The highest BCUT2D eigenvalue weighted by Gasteiger charge is 2.35. The van der Waals surface area contributed by atoms with Crippen molar-refractivity contribution in [2.24, 2.45) is 17.8 Å². The molecule has 0 aliphatic heterocycles. The van der Waals surface area contributed by atoms with E-state index in [1.54, 1.807) is 0 Å². The van der Waals surface area contributed by atoms with Crippen molar-refractivity contribution in [1.29, 1.82) is 0 Å². The molecule has 0 unspecified atom stereocenters. The fourth-order valence-corrected chi connectivity index (χ4v) is 3.55. The second-order valence-electron chi connectivity index (χ2n) is 8.01. The Hall–Kier alpha value is -2.18. The van der Waals surface area contributed by atoms with Crippen LogP contribution in [0.5, 0.6) is 0 Å². The molecule has 0 aromatic carbocycles. The van der Waals surface area contributed by atoms with E-state index in [0.717, 1.165) is 6.42 Å². The first-order valence-electron chi connectivity index (χ1n) is 10.2. The lowest BCUT2D eigenvalue weighted by molar-refractivity contribution is -0.142. The van der Waals surface area contributed by atoms with Crippen LogP contribution >= 0.6 is 0 Å². The minimum absolute atomic E-state index is 0.0167. The Morgan fingerprint density at radius 2 is 1.86 bits per heavy atom. The van der Waals surface area contributed by atoms with E-state index < -0.39 is 24.0 Å². The van der Waals surface area contributed by atoms with Crippen LogP contribution in [0.25, 0.3) is 0 Å². The van der Waals surface area contributed by atoms with Gasteiger partial charge in [0.1, 0.15) is 17.9 Å². The third-order valence-electron chi connectivity index (χ3n) is 5.08. The molecule has 28 heavy (non-hydrogen) atoms. The molecule has 1 rings (SSSR count). The van der Waals surface area contributed by atoms with Crippen LogP contribution in [-0.2, 0) is 19.2 Å². The molecule has 0 aromatic rings. The molecular formula is C21H34N2O5. The van der Waals surface area contributed by atoms with Crippen LogP contribution < -0.4 is 10.6 Å². The number of carboxylic acids is 1. The number of nitrogens with one attached hydrogen (secondary N) is 2. The Kier molecular flexibility index (Phi) is 9.90. The van der Waals surface area contributed by atoms with Crippen LogP contribution in [0.3, 0.4) is 0 Å².